The first-order valence-corrected chi connectivity index (χ1v) is 6.65. The van der Waals surface area contributed by atoms with Crippen LogP contribution in [0.25, 0.3) is 0 Å². The van der Waals surface area contributed by atoms with Gasteiger partial charge in [0, 0.05) is 6.54 Å². The topological polar surface area (TPSA) is 36.3 Å². The summed E-state index contributed by atoms with van der Waals surface area (Å²) < 4.78 is 5.44. The van der Waals surface area contributed by atoms with E-state index in [9.17, 15) is 0 Å². The Morgan fingerprint density at radius 3 is 2.47 bits per heavy atom. The van der Waals surface area contributed by atoms with Crippen molar-refractivity contribution in [3.05, 3.63) is 28.3 Å². The van der Waals surface area contributed by atoms with Gasteiger partial charge in [-0.2, -0.15) is 5.26 Å². The zero-order chi connectivity index (χ0) is 14.6. The molecule has 0 heterocycles. The number of hydrogen-bond acceptors (Lipinski definition) is 3. The Hall–Kier alpha value is -1.53. The zero-order valence-corrected chi connectivity index (χ0v) is 12.9. The zero-order valence-electron chi connectivity index (χ0n) is 12.9. The molecule has 0 saturated carbocycles. The lowest BCUT2D eigenvalue weighted by atomic mass is 9.96. The first-order chi connectivity index (χ1) is 8.92. The average molecular weight is 260 g/mol. The van der Waals surface area contributed by atoms with Crippen LogP contribution < -0.4 is 4.74 Å². The van der Waals surface area contributed by atoms with Gasteiger partial charge in [-0.05, 0) is 63.4 Å². The largest absolute Gasteiger partial charge is 0.496 e. The lowest BCUT2D eigenvalue weighted by Gasteiger charge is -2.21. The van der Waals surface area contributed by atoms with Crippen LogP contribution in [0.15, 0.2) is 6.07 Å². The molecule has 0 aliphatic carbocycles. The third-order valence-electron chi connectivity index (χ3n) is 3.92. The summed E-state index contributed by atoms with van der Waals surface area (Å²) in [4.78, 5) is 2.08. The molecular formula is C16H24N2O. The van der Waals surface area contributed by atoms with E-state index in [0.717, 1.165) is 18.7 Å². The van der Waals surface area contributed by atoms with Gasteiger partial charge in [-0.15, -0.1) is 0 Å². The van der Waals surface area contributed by atoms with Crippen molar-refractivity contribution >= 4 is 0 Å². The Labute approximate surface area is 116 Å². The first-order valence-electron chi connectivity index (χ1n) is 6.65. The molecule has 0 N–H and O–H groups in total. The summed E-state index contributed by atoms with van der Waals surface area (Å²) in [7, 11) is 3.71. The van der Waals surface area contributed by atoms with Gasteiger partial charge in [0.05, 0.1) is 19.2 Å². The Morgan fingerprint density at radius 1 is 1.32 bits per heavy atom. The predicted molar refractivity (Wildman–Crippen MR) is 78.6 cm³/mol. The first kappa shape index (κ1) is 15.5. The second-order valence-electron chi connectivity index (χ2n) is 5.17. The maximum absolute atomic E-state index is 8.91. The minimum atomic E-state index is -0.0410. The maximum Gasteiger partial charge on any atom is 0.124 e. The molecule has 0 radical (unpaired) electrons. The average Bonchev–Trinajstić information content (AvgIpc) is 2.40. The highest BCUT2D eigenvalue weighted by Gasteiger charge is 2.12. The fourth-order valence-electron chi connectivity index (χ4n) is 2.30. The SMILES string of the molecule is COc1c(C)cc(CCN(C)C(C)C#N)c(C)c1C. The van der Waals surface area contributed by atoms with Crippen molar-refractivity contribution in [1.82, 2.24) is 4.90 Å². The molecule has 0 aromatic heterocycles. The van der Waals surface area contributed by atoms with Gasteiger partial charge in [0.1, 0.15) is 5.75 Å². The monoisotopic (exact) mass is 260 g/mol. The highest BCUT2D eigenvalue weighted by atomic mass is 16.5. The van der Waals surface area contributed by atoms with E-state index in [2.05, 4.69) is 37.8 Å². The van der Waals surface area contributed by atoms with Crippen molar-refractivity contribution in [2.75, 3.05) is 20.7 Å². The van der Waals surface area contributed by atoms with Crippen molar-refractivity contribution < 1.29 is 4.74 Å². The highest BCUT2D eigenvalue weighted by molar-refractivity contribution is 5.49. The van der Waals surface area contributed by atoms with Crippen LogP contribution in [-0.4, -0.2) is 31.6 Å². The summed E-state index contributed by atoms with van der Waals surface area (Å²) in [6.45, 7) is 9.14. The van der Waals surface area contributed by atoms with Crippen LogP contribution in [-0.2, 0) is 6.42 Å². The highest BCUT2D eigenvalue weighted by Crippen LogP contribution is 2.28. The van der Waals surface area contributed by atoms with Crippen molar-refractivity contribution in [2.24, 2.45) is 0 Å². The second kappa shape index (κ2) is 6.58. The van der Waals surface area contributed by atoms with E-state index in [-0.39, 0.29) is 6.04 Å². The van der Waals surface area contributed by atoms with Crippen LogP contribution in [0.2, 0.25) is 0 Å². The van der Waals surface area contributed by atoms with E-state index in [1.54, 1.807) is 7.11 Å². The molecule has 1 rings (SSSR count). The standard InChI is InChI=1S/C16H24N2O/c1-11-9-15(7-8-18(5)12(2)10-17)13(3)14(4)16(11)19-6/h9,12H,7-8H2,1-6H3. The van der Waals surface area contributed by atoms with E-state index in [1.165, 1.54) is 22.3 Å². The van der Waals surface area contributed by atoms with Gasteiger partial charge in [-0.3, -0.25) is 4.90 Å². The van der Waals surface area contributed by atoms with Crippen LogP contribution in [0.5, 0.6) is 5.75 Å². The molecule has 0 spiro atoms. The van der Waals surface area contributed by atoms with Crippen LogP contribution >= 0.6 is 0 Å². The molecule has 0 aliphatic rings. The number of methoxy groups -OCH3 is 1. The fourth-order valence-corrected chi connectivity index (χ4v) is 2.30. The molecule has 19 heavy (non-hydrogen) atoms. The lowest BCUT2D eigenvalue weighted by molar-refractivity contribution is 0.306. The number of ether oxygens (including phenoxy) is 1. The van der Waals surface area contributed by atoms with Crippen molar-refractivity contribution in [2.45, 2.75) is 40.2 Å². The number of rotatable bonds is 5. The van der Waals surface area contributed by atoms with Crippen molar-refractivity contribution in [1.29, 1.82) is 5.26 Å². The molecule has 3 nitrogen and oxygen atoms in total. The van der Waals surface area contributed by atoms with Gasteiger partial charge in [-0.1, -0.05) is 6.07 Å². The molecule has 1 aromatic rings. The fraction of sp³-hybridized carbons (Fsp3) is 0.562. The quantitative estimate of drug-likeness (QED) is 0.816. The summed E-state index contributed by atoms with van der Waals surface area (Å²) in [5, 5.41) is 8.91. The summed E-state index contributed by atoms with van der Waals surface area (Å²) in [6, 6.07) is 4.42. The smallest absolute Gasteiger partial charge is 0.124 e. The molecular weight excluding hydrogens is 236 g/mol. The molecule has 0 aliphatic heterocycles. The number of nitriles is 1. The van der Waals surface area contributed by atoms with Gasteiger partial charge < -0.3 is 4.74 Å². The van der Waals surface area contributed by atoms with Crippen LogP contribution in [0, 0.1) is 32.1 Å². The summed E-state index contributed by atoms with van der Waals surface area (Å²) in [6.07, 6.45) is 0.958. The van der Waals surface area contributed by atoms with Crippen LogP contribution in [0.4, 0.5) is 0 Å². The predicted octanol–water partition coefficient (Wildman–Crippen LogP) is 3.01. The number of benzene rings is 1. The molecule has 0 fully saturated rings. The second-order valence-corrected chi connectivity index (χ2v) is 5.17. The molecule has 3 heteroatoms. The minimum absolute atomic E-state index is 0.0410. The molecule has 0 bridgehead atoms. The van der Waals surface area contributed by atoms with Crippen molar-refractivity contribution in [3.63, 3.8) is 0 Å². The van der Waals surface area contributed by atoms with E-state index >= 15 is 0 Å². The van der Waals surface area contributed by atoms with Gasteiger partial charge in [0.2, 0.25) is 0 Å². The Kier molecular flexibility index (Phi) is 5.38. The molecule has 0 amide bonds. The number of hydrogen-bond donors (Lipinski definition) is 0. The van der Waals surface area contributed by atoms with Crippen LogP contribution in [0.1, 0.15) is 29.2 Å². The van der Waals surface area contributed by atoms with E-state index in [1.807, 2.05) is 14.0 Å². The van der Waals surface area contributed by atoms with E-state index in [0.29, 0.717) is 0 Å². The van der Waals surface area contributed by atoms with Gasteiger partial charge in [0.25, 0.3) is 0 Å². The number of nitrogens with zero attached hydrogens (tertiary/aromatic N) is 2. The third kappa shape index (κ3) is 3.48. The molecule has 0 saturated heterocycles. The van der Waals surface area contributed by atoms with Gasteiger partial charge in [-0.25, -0.2) is 0 Å². The lowest BCUT2D eigenvalue weighted by Crippen LogP contribution is -2.29. The minimum Gasteiger partial charge on any atom is -0.496 e. The van der Waals surface area contributed by atoms with Crippen LogP contribution in [0.3, 0.4) is 0 Å². The Balaban J connectivity index is 2.89. The molecule has 104 valence electrons. The third-order valence-corrected chi connectivity index (χ3v) is 3.92. The van der Waals surface area contributed by atoms with E-state index < -0.39 is 0 Å². The summed E-state index contributed by atoms with van der Waals surface area (Å²) in [5.41, 5.74) is 5.03. The molecule has 1 unspecified atom stereocenters. The van der Waals surface area contributed by atoms with Crippen molar-refractivity contribution in [3.8, 4) is 11.8 Å². The maximum atomic E-state index is 8.91. The Morgan fingerprint density at radius 2 is 1.95 bits per heavy atom. The van der Waals surface area contributed by atoms with Gasteiger partial charge >= 0.3 is 0 Å². The Bertz CT molecular complexity index is 489. The normalized spacial score (nSPS) is 12.3. The summed E-state index contributed by atoms with van der Waals surface area (Å²) >= 11 is 0. The molecule has 1 atom stereocenters. The van der Waals surface area contributed by atoms with E-state index in [4.69, 9.17) is 10.00 Å². The number of aryl methyl sites for hydroxylation is 1. The van der Waals surface area contributed by atoms with Gasteiger partial charge in [0.15, 0.2) is 0 Å². The summed E-state index contributed by atoms with van der Waals surface area (Å²) in [5.74, 6) is 0.986. The number of likely N-dealkylation sites (N-methyl/N-ethyl adjacent to an activating group) is 1. The molecule has 1 aromatic carbocycles.